The van der Waals surface area contributed by atoms with Gasteiger partial charge in [0.2, 0.25) is 17.2 Å². The molecule has 0 amide bonds. The number of hydrogen-bond donors (Lipinski definition) is 12. The van der Waals surface area contributed by atoms with E-state index in [4.69, 9.17) is 12.3 Å². The molecule has 1 aromatic heterocycles. The molecule has 11 aromatic rings. The maximum absolute atomic E-state index is 12.5. The summed E-state index contributed by atoms with van der Waals surface area (Å²) in [6.45, 7) is 0. The molecular formula is C50H29BO13. The molecule has 0 aliphatic rings. The van der Waals surface area contributed by atoms with Gasteiger partial charge in [-0.2, -0.15) is 0 Å². The van der Waals surface area contributed by atoms with Gasteiger partial charge in [0, 0.05) is 43.4 Å². The minimum atomic E-state index is -1.31. The Morgan fingerprint density at radius 2 is 0.781 bits per heavy atom. The summed E-state index contributed by atoms with van der Waals surface area (Å²) in [5.74, 6) is -14.4. The average Bonchev–Trinajstić information content (AvgIpc) is 3.70. The van der Waals surface area contributed by atoms with Gasteiger partial charge in [-0.1, -0.05) is 91.0 Å². The summed E-state index contributed by atoms with van der Waals surface area (Å²) in [5, 5.41) is 139. The molecule has 64 heavy (non-hydrogen) atoms. The highest BCUT2D eigenvalue weighted by molar-refractivity contribution is 6.38. The molecule has 0 aliphatic heterocycles. The number of furan rings is 1. The zero-order chi connectivity index (χ0) is 44.8. The van der Waals surface area contributed by atoms with Gasteiger partial charge in [0.05, 0.1) is 16.5 Å². The minimum Gasteiger partial charge on any atom is -0.508 e. The fraction of sp³-hybridized carbons (Fsp3) is 0. The Morgan fingerprint density at radius 3 is 1.42 bits per heavy atom. The third kappa shape index (κ3) is 4.67. The maximum Gasteiger partial charge on any atom is 0.205 e. The van der Waals surface area contributed by atoms with E-state index in [9.17, 15) is 61.3 Å². The first-order valence-corrected chi connectivity index (χ1v) is 19.5. The van der Waals surface area contributed by atoms with Gasteiger partial charge in [-0.15, -0.1) is 0 Å². The second-order valence-electron chi connectivity index (χ2n) is 15.5. The molecule has 0 fully saturated rings. The van der Waals surface area contributed by atoms with E-state index in [-0.39, 0.29) is 11.1 Å². The van der Waals surface area contributed by atoms with Crippen molar-refractivity contribution in [3.63, 3.8) is 0 Å². The lowest BCUT2D eigenvalue weighted by atomic mass is 9.81. The Kier molecular flexibility index (Phi) is 7.70. The summed E-state index contributed by atoms with van der Waals surface area (Å²) in [5.41, 5.74) is -0.309. The fourth-order valence-electron chi connectivity index (χ4n) is 9.50. The van der Waals surface area contributed by atoms with E-state index in [1.807, 2.05) is 66.7 Å². The third-order valence-corrected chi connectivity index (χ3v) is 12.3. The van der Waals surface area contributed by atoms with Gasteiger partial charge in [0.1, 0.15) is 36.3 Å². The van der Waals surface area contributed by atoms with Gasteiger partial charge < -0.3 is 65.7 Å². The Hall–Kier alpha value is -9.04. The van der Waals surface area contributed by atoms with Crippen LogP contribution in [0.15, 0.2) is 108 Å². The smallest absolute Gasteiger partial charge is 0.205 e. The van der Waals surface area contributed by atoms with Crippen molar-refractivity contribution >= 4 is 89.1 Å². The molecule has 13 nitrogen and oxygen atoms in total. The molecule has 10 aromatic carbocycles. The van der Waals surface area contributed by atoms with Crippen LogP contribution in [0.4, 0.5) is 0 Å². The Balaban J connectivity index is 1.35. The lowest BCUT2D eigenvalue weighted by Gasteiger charge is -2.24. The molecule has 1 heterocycles. The topological polar surface area (TPSA) is 256 Å². The summed E-state index contributed by atoms with van der Waals surface area (Å²) in [4.78, 5) is 0. The van der Waals surface area contributed by atoms with E-state index in [2.05, 4.69) is 0 Å². The lowest BCUT2D eigenvalue weighted by molar-refractivity contribution is 0.350. The van der Waals surface area contributed by atoms with Crippen LogP contribution in [0.3, 0.4) is 0 Å². The highest BCUT2D eigenvalue weighted by atomic mass is 16.4. The van der Waals surface area contributed by atoms with Gasteiger partial charge >= 0.3 is 0 Å². The zero-order valence-corrected chi connectivity index (χ0v) is 32.7. The van der Waals surface area contributed by atoms with Crippen LogP contribution in [0.1, 0.15) is 0 Å². The van der Waals surface area contributed by atoms with Crippen molar-refractivity contribution in [2.75, 3.05) is 0 Å². The molecule has 0 atom stereocenters. The molecule has 0 saturated heterocycles. The molecule has 0 unspecified atom stereocenters. The summed E-state index contributed by atoms with van der Waals surface area (Å²) < 4.78 is 6.54. The van der Waals surface area contributed by atoms with E-state index >= 15 is 0 Å². The predicted molar refractivity (Wildman–Crippen MR) is 243 cm³/mol. The van der Waals surface area contributed by atoms with E-state index in [1.165, 1.54) is 0 Å². The third-order valence-electron chi connectivity index (χ3n) is 12.3. The van der Waals surface area contributed by atoms with E-state index < -0.39 is 107 Å². The van der Waals surface area contributed by atoms with Gasteiger partial charge in [-0.05, 0) is 55.7 Å². The van der Waals surface area contributed by atoms with Gasteiger partial charge in [-0.3, -0.25) is 0 Å². The Morgan fingerprint density at radius 1 is 0.297 bits per heavy atom. The molecule has 0 saturated carbocycles. The van der Waals surface area contributed by atoms with Crippen LogP contribution >= 0.6 is 0 Å². The zero-order valence-electron chi connectivity index (χ0n) is 32.7. The van der Waals surface area contributed by atoms with Gasteiger partial charge in [-0.25, -0.2) is 0 Å². The molecule has 310 valence electrons. The number of aromatic hydroxyl groups is 12. The summed E-state index contributed by atoms with van der Waals surface area (Å²) in [7, 11) is 5.80. The van der Waals surface area contributed by atoms with Crippen molar-refractivity contribution in [3.05, 3.63) is 103 Å². The summed E-state index contributed by atoms with van der Waals surface area (Å²) >= 11 is 0. The molecule has 0 bridgehead atoms. The Bertz CT molecular complexity index is 3860. The van der Waals surface area contributed by atoms with Crippen LogP contribution in [-0.4, -0.2) is 69.1 Å². The minimum absolute atomic E-state index is 0.153. The lowest BCUT2D eigenvalue weighted by Crippen LogP contribution is -2.06. The first-order valence-electron chi connectivity index (χ1n) is 19.5. The molecular weight excluding hydrogens is 819 g/mol. The van der Waals surface area contributed by atoms with E-state index in [0.29, 0.717) is 32.7 Å². The number of phenols is 12. The van der Waals surface area contributed by atoms with E-state index in [0.717, 1.165) is 32.7 Å². The van der Waals surface area contributed by atoms with Crippen molar-refractivity contribution in [1.82, 2.24) is 0 Å². The fourth-order valence-corrected chi connectivity index (χ4v) is 9.50. The first-order chi connectivity index (χ1) is 30.7. The highest BCUT2D eigenvalue weighted by Crippen LogP contribution is 2.64. The van der Waals surface area contributed by atoms with Crippen molar-refractivity contribution in [2.45, 2.75) is 0 Å². The number of fused-ring (bicyclic) bond motifs is 10. The number of benzene rings is 10. The number of phenolic OH excluding ortho intramolecular Hbond substituents is 12. The Labute approximate surface area is 359 Å². The molecule has 0 aliphatic carbocycles. The molecule has 14 heteroatoms. The van der Waals surface area contributed by atoms with Crippen molar-refractivity contribution < 1.29 is 65.7 Å². The number of hydrogen-bond acceptors (Lipinski definition) is 13. The average molecular weight is 849 g/mol. The SMILES string of the molecule is [B]c1c(O)c(O)c(O)c(-c2c(O)c(O)c3c(-c4c5ccccc5c(-c5cccc6oc7c8ccccc8ccc7c56)c5ccccc45)c(O)c4c(O)c(O)c(O)c(O)c4c3c2O)c1O. The normalized spacial score (nSPS) is 11.9. The standard InChI is InChI=1S/C50H29BO13/c51-37-40(54)36(45(59)47(61)46(37)60)35-39(53)31-32(41(55)43(35)57)30(38(52)34-33(31)42(56)48(62)49(63)44(34)58)29-22-12-5-3-10-20(22)27(21-11-4-6-13-23(21)29)24-14-7-15-26-28(24)25-17-16-18-8-1-2-9-19(18)50(25)64-26/h1-17,52-63H. The van der Waals surface area contributed by atoms with Gasteiger partial charge in [0.25, 0.3) is 0 Å². The number of rotatable bonds is 3. The van der Waals surface area contributed by atoms with Crippen molar-refractivity contribution in [1.29, 1.82) is 0 Å². The quantitative estimate of drug-likeness (QED) is 0.0260. The van der Waals surface area contributed by atoms with Gasteiger partial charge in [0.15, 0.2) is 34.5 Å². The van der Waals surface area contributed by atoms with Crippen LogP contribution in [-0.2, 0) is 0 Å². The van der Waals surface area contributed by atoms with E-state index in [1.54, 1.807) is 36.4 Å². The van der Waals surface area contributed by atoms with Crippen LogP contribution in [0.25, 0.3) is 109 Å². The monoisotopic (exact) mass is 848 g/mol. The van der Waals surface area contributed by atoms with Crippen molar-refractivity contribution in [3.8, 4) is 102 Å². The maximum atomic E-state index is 12.5. The van der Waals surface area contributed by atoms with Crippen molar-refractivity contribution in [2.24, 2.45) is 0 Å². The summed E-state index contributed by atoms with van der Waals surface area (Å²) in [6.07, 6.45) is 0. The molecule has 0 spiro atoms. The largest absolute Gasteiger partial charge is 0.508 e. The van der Waals surface area contributed by atoms with Crippen LogP contribution < -0.4 is 5.46 Å². The van der Waals surface area contributed by atoms with Crippen LogP contribution in [0.2, 0.25) is 0 Å². The van der Waals surface area contributed by atoms with Crippen LogP contribution in [0.5, 0.6) is 69.0 Å². The molecule has 12 N–H and O–H groups in total. The van der Waals surface area contributed by atoms with Crippen LogP contribution in [0, 0.1) is 0 Å². The first kappa shape index (κ1) is 37.9. The predicted octanol–water partition coefficient (Wildman–Crippen LogP) is 9.61. The molecule has 11 rings (SSSR count). The summed E-state index contributed by atoms with van der Waals surface area (Å²) in [6, 6.07) is 31.8. The second kappa shape index (κ2) is 13.0. The second-order valence-corrected chi connectivity index (χ2v) is 15.5. The molecule has 2 radical (unpaired) electrons. The highest BCUT2D eigenvalue weighted by Gasteiger charge is 2.36.